The zero-order chi connectivity index (χ0) is 13.1. The van der Waals surface area contributed by atoms with E-state index in [0.29, 0.717) is 22.0 Å². The van der Waals surface area contributed by atoms with Gasteiger partial charge in [-0.25, -0.2) is 4.39 Å². The van der Waals surface area contributed by atoms with Gasteiger partial charge in [-0.3, -0.25) is 0 Å². The molecule has 2 N–H and O–H groups in total. The van der Waals surface area contributed by atoms with Crippen LogP contribution < -0.4 is 5.73 Å². The summed E-state index contributed by atoms with van der Waals surface area (Å²) in [5, 5.41) is 0.959. The Hall–Kier alpha value is -1.09. The highest BCUT2D eigenvalue weighted by Crippen LogP contribution is 2.29. The first kappa shape index (κ1) is 13.3. The normalized spacial score (nSPS) is 12.4. The summed E-state index contributed by atoms with van der Waals surface area (Å²) in [5.74, 6) is -0.303. The molecule has 0 amide bonds. The lowest BCUT2D eigenvalue weighted by Crippen LogP contribution is -2.15. The van der Waals surface area contributed by atoms with Crippen LogP contribution in [-0.4, -0.2) is 0 Å². The highest BCUT2D eigenvalue weighted by molar-refractivity contribution is 6.42. The molecule has 0 aliphatic heterocycles. The average molecular weight is 284 g/mol. The Morgan fingerprint density at radius 3 is 2.50 bits per heavy atom. The van der Waals surface area contributed by atoms with E-state index in [1.807, 2.05) is 6.07 Å². The first-order valence-electron chi connectivity index (χ1n) is 5.52. The van der Waals surface area contributed by atoms with E-state index in [2.05, 4.69) is 0 Å². The molecular weight excluding hydrogens is 272 g/mol. The topological polar surface area (TPSA) is 26.0 Å². The second kappa shape index (κ2) is 5.70. The molecule has 0 fully saturated rings. The Balaban J connectivity index is 2.24. The summed E-state index contributed by atoms with van der Waals surface area (Å²) in [7, 11) is 0. The minimum Gasteiger partial charge on any atom is -0.324 e. The number of hydrogen-bond acceptors (Lipinski definition) is 1. The largest absolute Gasteiger partial charge is 0.324 e. The predicted octanol–water partition coefficient (Wildman–Crippen LogP) is 4.38. The van der Waals surface area contributed by atoms with E-state index in [0.717, 1.165) is 5.56 Å². The van der Waals surface area contributed by atoms with Gasteiger partial charge in [-0.1, -0.05) is 53.5 Å². The van der Waals surface area contributed by atoms with Gasteiger partial charge < -0.3 is 5.73 Å². The number of benzene rings is 2. The van der Waals surface area contributed by atoms with Crippen LogP contribution in [0, 0.1) is 5.82 Å². The minimum atomic E-state index is -0.442. The van der Waals surface area contributed by atoms with Crippen LogP contribution in [0.4, 0.5) is 4.39 Å². The maximum Gasteiger partial charge on any atom is 0.127 e. The Morgan fingerprint density at radius 2 is 1.78 bits per heavy atom. The van der Waals surface area contributed by atoms with Crippen molar-refractivity contribution in [2.75, 3.05) is 0 Å². The molecule has 0 saturated heterocycles. The van der Waals surface area contributed by atoms with Gasteiger partial charge in [0.1, 0.15) is 5.82 Å². The van der Waals surface area contributed by atoms with Crippen LogP contribution in [0.1, 0.15) is 17.2 Å². The van der Waals surface area contributed by atoms with Gasteiger partial charge in [-0.15, -0.1) is 0 Å². The van der Waals surface area contributed by atoms with Crippen molar-refractivity contribution in [3.8, 4) is 0 Å². The molecule has 0 bridgehead atoms. The van der Waals surface area contributed by atoms with Crippen molar-refractivity contribution in [3.05, 3.63) is 69.5 Å². The van der Waals surface area contributed by atoms with Crippen LogP contribution in [0.3, 0.4) is 0 Å². The van der Waals surface area contributed by atoms with Crippen molar-refractivity contribution >= 4 is 23.2 Å². The van der Waals surface area contributed by atoms with Crippen LogP contribution in [-0.2, 0) is 6.42 Å². The molecule has 1 unspecified atom stereocenters. The van der Waals surface area contributed by atoms with Crippen LogP contribution >= 0.6 is 23.2 Å². The molecule has 0 aliphatic carbocycles. The molecule has 0 aliphatic rings. The fourth-order valence-electron chi connectivity index (χ4n) is 1.83. The third-order valence-electron chi connectivity index (χ3n) is 2.78. The molecule has 2 aromatic rings. The molecular formula is C14H12Cl2FN. The first-order chi connectivity index (χ1) is 8.59. The van der Waals surface area contributed by atoms with Gasteiger partial charge in [-0.2, -0.15) is 0 Å². The van der Waals surface area contributed by atoms with Crippen molar-refractivity contribution < 1.29 is 4.39 Å². The zero-order valence-electron chi connectivity index (χ0n) is 9.54. The fraction of sp³-hybridized carbons (Fsp3) is 0.143. The number of halogens is 3. The predicted molar refractivity (Wildman–Crippen MR) is 73.5 cm³/mol. The zero-order valence-corrected chi connectivity index (χ0v) is 11.0. The molecule has 94 valence electrons. The van der Waals surface area contributed by atoms with E-state index >= 15 is 0 Å². The molecule has 1 nitrogen and oxygen atoms in total. The average Bonchev–Trinajstić information content (AvgIpc) is 2.35. The summed E-state index contributed by atoms with van der Waals surface area (Å²) >= 11 is 12.0. The molecule has 1 atom stereocenters. The fourth-order valence-corrected chi connectivity index (χ4v) is 2.23. The number of hydrogen-bond donors (Lipinski definition) is 1. The van der Waals surface area contributed by atoms with Crippen LogP contribution in [0.2, 0.25) is 10.0 Å². The third-order valence-corrected chi connectivity index (χ3v) is 3.63. The van der Waals surface area contributed by atoms with E-state index < -0.39 is 6.04 Å². The summed E-state index contributed by atoms with van der Waals surface area (Å²) in [4.78, 5) is 0. The van der Waals surface area contributed by atoms with Crippen LogP contribution in [0.25, 0.3) is 0 Å². The summed E-state index contributed by atoms with van der Waals surface area (Å²) in [6.45, 7) is 0. The maximum absolute atomic E-state index is 13.6. The van der Waals surface area contributed by atoms with Crippen molar-refractivity contribution in [1.29, 1.82) is 0 Å². The summed E-state index contributed by atoms with van der Waals surface area (Å²) in [6, 6.07) is 11.4. The van der Waals surface area contributed by atoms with Gasteiger partial charge in [0.2, 0.25) is 0 Å². The Bertz CT molecular complexity index is 557. The van der Waals surface area contributed by atoms with Crippen LogP contribution in [0.5, 0.6) is 0 Å². The first-order valence-corrected chi connectivity index (χ1v) is 6.28. The Labute approximate surface area is 115 Å². The highest BCUT2D eigenvalue weighted by Gasteiger charge is 2.14. The standard InChI is InChI=1S/C14H12Cl2FN/c15-11-6-3-4-9(14(11)16)8-13(18)10-5-1-2-7-12(10)17/h1-7,13H,8,18H2. The Morgan fingerprint density at radius 1 is 1.06 bits per heavy atom. The maximum atomic E-state index is 13.6. The second-order valence-electron chi connectivity index (χ2n) is 4.05. The SMILES string of the molecule is NC(Cc1cccc(Cl)c1Cl)c1ccccc1F. The van der Waals surface area contributed by atoms with Crippen LogP contribution in [0.15, 0.2) is 42.5 Å². The van der Waals surface area contributed by atoms with E-state index in [-0.39, 0.29) is 5.82 Å². The van der Waals surface area contributed by atoms with Gasteiger partial charge in [0.15, 0.2) is 0 Å². The van der Waals surface area contributed by atoms with Gasteiger partial charge >= 0.3 is 0 Å². The Kier molecular flexibility index (Phi) is 4.23. The molecule has 2 aromatic carbocycles. The lowest BCUT2D eigenvalue weighted by atomic mass is 9.99. The molecule has 18 heavy (non-hydrogen) atoms. The molecule has 4 heteroatoms. The molecule has 2 rings (SSSR count). The van der Waals surface area contributed by atoms with Gasteiger partial charge in [-0.05, 0) is 24.1 Å². The summed E-state index contributed by atoms with van der Waals surface area (Å²) in [5.41, 5.74) is 7.30. The quantitative estimate of drug-likeness (QED) is 0.889. The molecule has 0 aromatic heterocycles. The molecule has 0 spiro atoms. The monoisotopic (exact) mass is 283 g/mol. The minimum absolute atomic E-state index is 0.303. The number of nitrogens with two attached hydrogens (primary N) is 1. The van der Waals surface area contributed by atoms with Crippen molar-refractivity contribution in [3.63, 3.8) is 0 Å². The van der Waals surface area contributed by atoms with Gasteiger partial charge in [0.25, 0.3) is 0 Å². The van der Waals surface area contributed by atoms with Gasteiger partial charge in [0.05, 0.1) is 10.0 Å². The van der Waals surface area contributed by atoms with E-state index in [4.69, 9.17) is 28.9 Å². The van der Waals surface area contributed by atoms with E-state index in [9.17, 15) is 4.39 Å². The molecule has 0 heterocycles. The summed E-state index contributed by atoms with van der Waals surface area (Å²) < 4.78 is 13.6. The van der Waals surface area contributed by atoms with E-state index in [1.54, 1.807) is 30.3 Å². The summed E-state index contributed by atoms with van der Waals surface area (Å²) in [6.07, 6.45) is 0.445. The van der Waals surface area contributed by atoms with Gasteiger partial charge in [0, 0.05) is 11.6 Å². The van der Waals surface area contributed by atoms with Crippen molar-refractivity contribution in [2.45, 2.75) is 12.5 Å². The van der Waals surface area contributed by atoms with Crippen molar-refractivity contribution in [1.82, 2.24) is 0 Å². The number of rotatable bonds is 3. The molecule has 0 radical (unpaired) electrons. The highest BCUT2D eigenvalue weighted by atomic mass is 35.5. The third kappa shape index (κ3) is 2.83. The van der Waals surface area contributed by atoms with E-state index in [1.165, 1.54) is 6.07 Å². The second-order valence-corrected chi connectivity index (χ2v) is 4.83. The smallest absolute Gasteiger partial charge is 0.127 e. The van der Waals surface area contributed by atoms with Crippen molar-refractivity contribution in [2.24, 2.45) is 5.73 Å². The molecule has 0 saturated carbocycles. The lowest BCUT2D eigenvalue weighted by molar-refractivity contribution is 0.580. The lowest BCUT2D eigenvalue weighted by Gasteiger charge is -2.14.